The Kier molecular flexibility index (Phi) is 7.72. The molecule has 0 saturated carbocycles. The van der Waals surface area contributed by atoms with Gasteiger partial charge < -0.3 is 19.9 Å². The Morgan fingerprint density at radius 2 is 1.88 bits per heavy atom. The fraction of sp³-hybridized carbons (Fsp3) is 0.222. The molecule has 0 bridgehead atoms. The molecule has 212 valence electrons. The minimum absolute atomic E-state index is 0.00556. The normalized spacial score (nSPS) is 12.9. The number of carbonyl (C=O) groups is 3. The third-order valence-corrected chi connectivity index (χ3v) is 6.88. The van der Waals surface area contributed by atoms with Crippen LogP contribution in [0.15, 0.2) is 53.3 Å². The van der Waals surface area contributed by atoms with Gasteiger partial charge in [-0.15, -0.1) is 0 Å². The maximum Gasteiger partial charge on any atom is 0.326 e. The van der Waals surface area contributed by atoms with E-state index < -0.39 is 35.6 Å². The van der Waals surface area contributed by atoms with Crippen molar-refractivity contribution in [3.63, 3.8) is 0 Å². The number of primary amides is 1. The van der Waals surface area contributed by atoms with E-state index in [1.54, 1.807) is 11.6 Å². The highest BCUT2D eigenvalue weighted by Crippen LogP contribution is 2.36. The molecule has 0 aliphatic carbocycles. The van der Waals surface area contributed by atoms with E-state index in [2.05, 4.69) is 16.0 Å². The Bertz CT molecular complexity index is 1740. The second-order valence-electron chi connectivity index (χ2n) is 9.38. The zero-order valence-corrected chi connectivity index (χ0v) is 22.6. The molecule has 5 rings (SSSR count). The SMILES string of the molecule is CN1CCn2c(c(OCc3ccccc3)c3c(=O)n(Cc4ccc(F)c(Cl)c4)nc(C(=O)CNNC(N)=O)c32)C1=O. The van der Waals surface area contributed by atoms with Crippen LogP contribution in [0.2, 0.25) is 5.02 Å². The van der Waals surface area contributed by atoms with Crippen LogP contribution in [0.25, 0.3) is 10.9 Å². The number of rotatable bonds is 9. The van der Waals surface area contributed by atoms with E-state index in [4.69, 9.17) is 22.1 Å². The monoisotopic (exact) mass is 581 g/mol. The molecule has 0 unspecified atom stereocenters. The number of ether oxygens (including phenoxy) is 1. The lowest BCUT2D eigenvalue weighted by molar-refractivity contribution is 0.0744. The molecule has 0 atom stereocenters. The number of benzene rings is 2. The van der Waals surface area contributed by atoms with Crippen molar-refractivity contribution in [3.8, 4) is 5.75 Å². The summed E-state index contributed by atoms with van der Waals surface area (Å²) in [7, 11) is 1.63. The number of likely N-dealkylation sites (N-methyl/N-ethyl adjacent to an activating group) is 1. The van der Waals surface area contributed by atoms with E-state index >= 15 is 0 Å². The van der Waals surface area contributed by atoms with Gasteiger partial charge in [-0.1, -0.05) is 48.0 Å². The summed E-state index contributed by atoms with van der Waals surface area (Å²) in [5.74, 6) is -1.60. The lowest BCUT2D eigenvalue weighted by Gasteiger charge is -2.25. The van der Waals surface area contributed by atoms with Gasteiger partial charge in [0, 0.05) is 20.1 Å². The van der Waals surface area contributed by atoms with Crippen molar-refractivity contribution in [2.75, 3.05) is 20.1 Å². The molecule has 41 heavy (non-hydrogen) atoms. The number of amides is 3. The molecule has 0 saturated heterocycles. The molecule has 0 fully saturated rings. The van der Waals surface area contributed by atoms with Gasteiger partial charge in [-0.05, 0) is 23.3 Å². The number of nitrogens with zero attached hydrogens (tertiary/aromatic N) is 4. The lowest BCUT2D eigenvalue weighted by Crippen LogP contribution is -2.44. The van der Waals surface area contributed by atoms with Crippen LogP contribution in [0.5, 0.6) is 5.75 Å². The minimum atomic E-state index is -0.903. The molecule has 4 aromatic rings. The topological polar surface area (TPSA) is 154 Å². The van der Waals surface area contributed by atoms with E-state index in [1.165, 1.54) is 17.0 Å². The lowest BCUT2D eigenvalue weighted by atomic mass is 10.2. The van der Waals surface area contributed by atoms with Crippen LogP contribution in [-0.2, 0) is 19.7 Å². The predicted octanol–water partition coefficient (Wildman–Crippen LogP) is 2.06. The highest BCUT2D eigenvalue weighted by molar-refractivity contribution is 6.30. The molecule has 0 spiro atoms. The van der Waals surface area contributed by atoms with Crippen molar-refractivity contribution in [1.82, 2.24) is 30.1 Å². The van der Waals surface area contributed by atoms with E-state index in [0.717, 1.165) is 16.3 Å². The molecule has 2 aromatic carbocycles. The van der Waals surface area contributed by atoms with Gasteiger partial charge in [-0.2, -0.15) is 5.10 Å². The average Bonchev–Trinajstić information content (AvgIpc) is 3.28. The summed E-state index contributed by atoms with van der Waals surface area (Å²) in [4.78, 5) is 53.4. The number of nitrogens with two attached hydrogens (primary N) is 1. The first-order valence-electron chi connectivity index (χ1n) is 12.5. The number of nitrogens with one attached hydrogen (secondary N) is 2. The summed E-state index contributed by atoms with van der Waals surface area (Å²) in [6, 6.07) is 12.2. The number of hydrogen-bond acceptors (Lipinski definition) is 7. The minimum Gasteiger partial charge on any atom is -0.486 e. The van der Waals surface area contributed by atoms with E-state index in [9.17, 15) is 23.6 Å². The number of urea groups is 1. The smallest absolute Gasteiger partial charge is 0.326 e. The van der Waals surface area contributed by atoms with Crippen molar-refractivity contribution in [3.05, 3.63) is 92.2 Å². The summed E-state index contributed by atoms with van der Waals surface area (Å²) in [6.45, 7) is 0.0655. The highest BCUT2D eigenvalue weighted by atomic mass is 35.5. The molecular weight excluding hydrogens is 557 g/mol. The summed E-state index contributed by atoms with van der Waals surface area (Å²) in [6.07, 6.45) is 0. The van der Waals surface area contributed by atoms with E-state index in [1.807, 2.05) is 30.3 Å². The third-order valence-electron chi connectivity index (χ3n) is 6.59. The van der Waals surface area contributed by atoms with Gasteiger partial charge >= 0.3 is 6.03 Å². The number of Topliss-reactive ketones (excluding diaryl/α,β-unsaturated/α-hetero) is 1. The first-order chi connectivity index (χ1) is 19.7. The van der Waals surface area contributed by atoms with Crippen molar-refractivity contribution in [2.24, 2.45) is 5.73 Å². The van der Waals surface area contributed by atoms with Gasteiger partial charge in [0.25, 0.3) is 11.5 Å². The van der Waals surface area contributed by atoms with Gasteiger partial charge in [0.15, 0.2) is 17.1 Å². The fourth-order valence-electron chi connectivity index (χ4n) is 4.62. The molecule has 1 aliphatic rings. The van der Waals surface area contributed by atoms with Crippen LogP contribution in [0.1, 0.15) is 32.1 Å². The Balaban J connectivity index is 1.72. The van der Waals surface area contributed by atoms with Gasteiger partial charge in [-0.3, -0.25) is 19.8 Å². The molecule has 1 aliphatic heterocycles. The quantitative estimate of drug-likeness (QED) is 0.202. The predicted molar refractivity (Wildman–Crippen MR) is 147 cm³/mol. The summed E-state index contributed by atoms with van der Waals surface area (Å²) in [5.41, 5.74) is 10.3. The summed E-state index contributed by atoms with van der Waals surface area (Å²) < 4.78 is 22.5. The number of aromatic nitrogens is 3. The molecule has 4 N–H and O–H groups in total. The standard InChI is InChI=1S/C27H25ClFN7O5/c1-34-9-10-35-22-20(24(23(35)26(34)39)41-14-15-5-3-2-4-6-15)25(38)36(13-16-7-8-18(29)17(28)11-16)33-21(22)19(37)12-31-32-27(30)40/h2-8,11,31H,9-10,12-14H2,1H3,(H3,30,32,40). The first-order valence-corrected chi connectivity index (χ1v) is 12.9. The Morgan fingerprint density at radius 1 is 1.12 bits per heavy atom. The number of ketones is 1. The van der Waals surface area contributed by atoms with Crippen LogP contribution < -0.4 is 26.9 Å². The van der Waals surface area contributed by atoms with E-state index in [0.29, 0.717) is 12.1 Å². The number of halogens is 2. The Labute approximate surface area is 237 Å². The van der Waals surface area contributed by atoms with Crippen LogP contribution in [0.3, 0.4) is 0 Å². The third kappa shape index (κ3) is 5.49. The van der Waals surface area contributed by atoms with Crippen molar-refractivity contribution in [1.29, 1.82) is 0 Å². The van der Waals surface area contributed by atoms with Crippen molar-refractivity contribution in [2.45, 2.75) is 19.7 Å². The molecule has 2 aromatic heterocycles. The average molecular weight is 582 g/mol. The molecule has 12 nitrogen and oxygen atoms in total. The van der Waals surface area contributed by atoms with Crippen LogP contribution in [0.4, 0.5) is 9.18 Å². The van der Waals surface area contributed by atoms with Crippen LogP contribution in [0, 0.1) is 5.82 Å². The maximum absolute atomic E-state index is 14.0. The van der Waals surface area contributed by atoms with E-state index in [-0.39, 0.29) is 52.8 Å². The number of fused-ring (bicyclic) bond motifs is 3. The maximum atomic E-state index is 14.0. The molecule has 14 heteroatoms. The number of hydrogen-bond donors (Lipinski definition) is 3. The van der Waals surface area contributed by atoms with Crippen molar-refractivity contribution >= 4 is 40.2 Å². The van der Waals surface area contributed by atoms with Crippen LogP contribution in [-0.4, -0.2) is 57.1 Å². The molecule has 3 amide bonds. The zero-order valence-electron chi connectivity index (χ0n) is 21.8. The Morgan fingerprint density at radius 3 is 2.59 bits per heavy atom. The summed E-state index contributed by atoms with van der Waals surface area (Å²) >= 11 is 5.95. The van der Waals surface area contributed by atoms with Gasteiger partial charge in [0.2, 0.25) is 5.78 Å². The van der Waals surface area contributed by atoms with Gasteiger partial charge in [0.05, 0.1) is 23.6 Å². The number of hydrazine groups is 1. The second kappa shape index (κ2) is 11.4. The van der Waals surface area contributed by atoms with Crippen molar-refractivity contribution < 1.29 is 23.5 Å². The van der Waals surface area contributed by atoms with Gasteiger partial charge in [-0.25, -0.2) is 19.3 Å². The number of carbonyl (C=O) groups excluding carboxylic acids is 3. The van der Waals surface area contributed by atoms with Gasteiger partial charge in [0.1, 0.15) is 17.8 Å². The molecule has 0 radical (unpaired) electrons. The Hall–Kier alpha value is -4.75. The highest BCUT2D eigenvalue weighted by Gasteiger charge is 2.35. The second-order valence-corrected chi connectivity index (χ2v) is 9.79. The fourth-order valence-corrected chi connectivity index (χ4v) is 4.83. The van der Waals surface area contributed by atoms with Crippen LogP contribution >= 0.6 is 11.6 Å². The summed E-state index contributed by atoms with van der Waals surface area (Å²) in [5, 5.41) is 4.21. The molecule has 3 heterocycles. The zero-order chi connectivity index (χ0) is 29.3. The molecular formula is C27H25ClFN7O5. The largest absolute Gasteiger partial charge is 0.486 e. The first kappa shape index (κ1) is 27.8.